The van der Waals surface area contributed by atoms with Crippen LogP contribution in [0.1, 0.15) is 33.6 Å². The highest BCUT2D eigenvalue weighted by Gasteiger charge is 2.29. The first-order chi connectivity index (χ1) is 13.2. The van der Waals surface area contributed by atoms with Gasteiger partial charge in [-0.2, -0.15) is 13.2 Å². The van der Waals surface area contributed by atoms with Gasteiger partial charge in [0.25, 0.3) is 5.91 Å². The van der Waals surface area contributed by atoms with Crippen molar-refractivity contribution >= 4 is 17.7 Å². The maximum Gasteiger partial charge on any atom is 0.405 e. The van der Waals surface area contributed by atoms with Crippen molar-refractivity contribution in [2.45, 2.75) is 19.0 Å². The molecule has 1 aliphatic carbocycles. The number of halogens is 3. The van der Waals surface area contributed by atoms with Gasteiger partial charge in [0.2, 0.25) is 0 Å². The molecule has 1 amide bonds. The molecule has 0 aliphatic heterocycles. The number of alkyl halides is 3. The van der Waals surface area contributed by atoms with Gasteiger partial charge in [-0.25, -0.2) is 9.78 Å². The maximum atomic E-state index is 12.5. The number of rotatable bonds is 7. The number of benzene rings is 1. The van der Waals surface area contributed by atoms with E-state index in [9.17, 15) is 22.8 Å². The van der Waals surface area contributed by atoms with Gasteiger partial charge in [-0.05, 0) is 42.5 Å². The van der Waals surface area contributed by atoms with E-state index in [1.54, 1.807) is 12.1 Å². The number of pyridine rings is 1. The first-order valence-electron chi connectivity index (χ1n) is 8.65. The number of nitrogens with one attached hydrogen (secondary N) is 2. The van der Waals surface area contributed by atoms with Crippen LogP contribution in [0.3, 0.4) is 0 Å². The zero-order valence-corrected chi connectivity index (χ0v) is 14.7. The van der Waals surface area contributed by atoms with Crippen molar-refractivity contribution in [2.75, 3.05) is 18.4 Å². The van der Waals surface area contributed by atoms with E-state index in [2.05, 4.69) is 10.3 Å². The molecule has 0 atom stereocenters. The average molecular weight is 393 g/mol. The molecule has 0 saturated heterocycles. The molecule has 1 aliphatic rings. The third-order valence-electron chi connectivity index (χ3n) is 4.28. The Hall–Kier alpha value is -3.10. The molecule has 0 radical (unpaired) electrons. The van der Waals surface area contributed by atoms with Crippen LogP contribution in [0.25, 0.3) is 11.1 Å². The smallest absolute Gasteiger partial charge is 0.405 e. The van der Waals surface area contributed by atoms with Gasteiger partial charge in [0.15, 0.2) is 0 Å². The predicted molar refractivity (Wildman–Crippen MR) is 96.2 cm³/mol. The highest BCUT2D eigenvalue weighted by atomic mass is 19.4. The number of carboxylic acids is 1. The SMILES string of the molecule is O=C(O)c1cccc(-c2cnc(NCC3CC3)c(C(=O)NCC(F)(F)F)c2)c1. The van der Waals surface area contributed by atoms with Gasteiger partial charge in [0.1, 0.15) is 12.4 Å². The van der Waals surface area contributed by atoms with Gasteiger partial charge in [0, 0.05) is 18.3 Å². The lowest BCUT2D eigenvalue weighted by Crippen LogP contribution is -2.34. The normalized spacial score (nSPS) is 13.8. The first kappa shape index (κ1) is 19.7. The monoisotopic (exact) mass is 393 g/mol. The number of hydrogen-bond donors (Lipinski definition) is 3. The van der Waals surface area contributed by atoms with Crippen LogP contribution in [0.5, 0.6) is 0 Å². The van der Waals surface area contributed by atoms with E-state index in [0.29, 0.717) is 23.6 Å². The molecule has 1 aromatic heterocycles. The Morgan fingerprint density at radius 1 is 1.18 bits per heavy atom. The van der Waals surface area contributed by atoms with E-state index in [4.69, 9.17) is 5.11 Å². The summed E-state index contributed by atoms with van der Waals surface area (Å²) in [4.78, 5) is 27.7. The number of amides is 1. The van der Waals surface area contributed by atoms with Crippen molar-refractivity contribution < 1.29 is 27.9 Å². The zero-order valence-electron chi connectivity index (χ0n) is 14.7. The fourth-order valence-corrected chi connectivity index (χ4v) is 2.61. The number of carbonyl (C=O) groups is 2. The van der Waals surface area contributed by atoms with Gasteiger partial charge < -0.3 is 15.7 Å². The zero-order chi connectivity index (χ0) is 20.3. The molecule has 0 bridgehead atoms. The van der Waals surface area contributed by atoms with Gasteiger partial charge in [-0.1, -0.05) is 12.1 Å². The standard InChI is InChI=1S/C19H18F3N3O3/c20-19(21,22)10-25-17(26)15-7-14(9-24-16(15)23-8-11-4-5-11)12-2-1-3-13(6-12)18(27)28/h1-3,6-7,9,11H,4-5,8,10H2,(H,23,24)(H,25,26)(H,27,28). The predicted octanol–water partition coefficient (Wildman–Crippen LogP) is 3.56. The Balaban J connectivity index is 1.90. The van der Waals surface area contributed by atoms with E-state index in [-0.39, 0.29) is 16.9 Å². The second kappa shape index (κ2) is 7.87. The summed E-state index contributed by atoms with van der Waals surface area (Å²) < 4.78 is 37.4. The quantitative estimate of drug-likeness (QED) is 0.669. The Morgan fingerprint density at radius 2 is 1.93 bits per heavy atom. The van der Waals surface area contributed by atoms with Crippen LogP contribution in [0, 0.1) is 5.92 Å². The summed E-state index contributed by atoms with van der Waals surface area (Å²) in [6, 6.07) is 7.42. The molecular formula is C19H18F3N3O3. The molecule has 0 spiro atoms. The van der Waals surface area contributed by atoms with E-state index in [0.717, 1.165) is 12.8 Å². The molecule has 6 nitrogen and oxygen atoms in total. The minimum atomic E-state index is -4.53. The van der Waals surface area contributed by atoms with E-state index < -0.39 is 24.6 Å². The van der Waals surface area contributed by atoms with Crippen molar-refractivity contribution in [1.82, 2.24) is 10.3 Å². The minimum Gasteiger partial charge on any atom is -0.478 e. The van der Waals surface area contributed by atoms with Crippen molar-refractivity contribution in [3.63, 3.8) is 0 Å². The van der Waals surface area contributed by atoms with Gasteiger partial charge >= 0.3 is 12.1 Å². The molecule has 9 heteroatoms. The van der Waals surface area contributed by atoms with Crippen LogP contribution < -0.4 is 10.6 Å². The van der Waals surface area contributed by atoms with Gasteiger partial charge in [-0.15, -0.1) is 0 Å². The Morgan fingerprint density at radius 3 is 2.57 bits per heavy atom. The molecule has 148 valence electrons. The van der Waals surface area contributed by atoms with Crippen molar-refractivity contribution in [3.8, 4) is 11.1 Å². The van der Waals surface area contributed by atoms with Crippen LogP contribution in [-0.4, -0.2) is 41.2 Å². The van der Waals surface area contributed by atoms with Crippen molar-refractivity contribution in [1.29, 1.82) is 0 Å². The molecule has 1 aromatic carbocycles. The number of hydrogen-bond acceptors (Lipinski definition) is 4. The largest absolute Gasteiger partial charge is 0.478 e. The van der Waals surface area contributed by atoms with Crippen LogP contribution in [0.15, 0.2) is 36.5 Å². The second-order valence-corrected chi connectivity index (χ2v) is 6.63. The van der Waals surface area contributed by atoms with Crippen LogP contribution in [-0.2, 0) is 0 Å². The third kappa shape index (κ3) is 5.21. The number of carboxylic acid groups (broad SMARTS) is 1. The summed E-state index contributed by atoms with van der Waals surface area (Å²) in [5.41, 5.74) is 0.947. The summed E-state index contributed by atoms with van der Waals surface area (Å²) >= 11 is 0. The fraction of sp³-hybridized carbons (Fsp3) is 0.316. The van der Waals surface area contributed by atoms with Gasteiger partial charge in [0.05, 0.1) is 11.1 Å². The Labute approximate surface area is 158 Å². The van der Waals surface area contributed by atoms with E-state index >= 15 is 0 Å². The molecule has 1 fully saturated rings. The van der Waals surface area contributed by atoms with E-state index in [1.165, 1.54) is 24.4 Å². The summed E-state index contributed by atoms with van der Waals surface area (Å²) in [6.45, 7) is -0.868. The van der Waals surface area contributed by atoms with Crippen LogP contribution >= 0.6 is 0 Å². The molecule has 0 unspecified atom stereocenters. The minimum absolute atomic E-state index is 0.0249. The summed E-state index contributed by atoms with van der Waals surface area (Å²) in [7, 11) is 0. The van der Waals surface area contributed by atoms with Gasteiger partial charge in [-0.3, -0.25) is 4.79 Å². The first-order valence-corrected chi connectivity index (χ1v) is 8.65. The number of carbonyl (C=O) groups excluding carboxylic acids is 1. The lowest BCUT2D eigenvalue weighted by atomic mass is 10.0. The lowest BCUT2D eigenvalue weighted by Gasteiger charge is -2.14. The molecule has 2 aromatic rings. The second-order valence-electron chi connectivity index (χ2n) is 6.63. The van der Waals surface area contributed by atoms with E-state index in [1.807, 2.05) is 5.32 Å². The third-order valence-corrected chi connectivity index (χ3v) is 4.28. The molecule has 1 heterocycles. The summed E-state index contributed by atoms with van der Waals surface area (Å²) in [6.07, 6.45) is -0.958. The highest BCUT2D eigenvalue weighted by molar-refractivity contribution is 6.00. The molecule has 3 N–H and O–H groups in total. The molecule has 28 heavy (non-hydrogen) atoms. The van der Waals surface area contributed by atoms with Crippen LogP contribution in [0.2, 0.25) is 0 Å². The molecule has 3 rings (SSSR count). The Bertz CT molecular complexity index is 895. The van der Waals surface area contributed by atoms with Crippen LogP contribution in [0.4, 0.5) is 19.0 Å². The fourth-order valence-electron chi connectivity index (χ4n) is 2.61. The Kier molecular flexibility index (Phi) is 5.53. The molecule has 1 saturated carbocycles. The lowest BCUT2D eigenvalue weighted by molar-refractivity contribution is -0.123. The highest BCUT2D eigenvalue weighted by Crippen LogP contribution is 2.30. The van der Waals surface area contributed by atoms with Crippen molar-refractivity contribution in [3.05, 3.63) is 47.7 Å². The van der Waals surface area contributed by atoms with Crippen molar-refractivity contribution in [2.24, 2.45) is 5.92 Å². The summed E-state index contributed by atoms with van der Waals surface area (Å²) in [5, 5.41) is 14.0. The number of nitrogens with zero attached hydrogens (tertiary/aromatic N) is 1. The number of aromatic nitrogens is 1. The number of anilines is 1. The maximum absolute atomic E-state index is 12.5. The topological polar surface area (TPSA) is 91.3 Å². The molecular weight excluding hydrogens is 375 g/mol. The average Bonchev–Trinajstić information content (AvgIpc) is 3.48. The summed E-state index contributed by atoms with van der Waals surface area (Å²) in [5.74, 6) is -1.34. The number of aromatic carboxylic acids is 1.